The Morgan fingerprint density at radius 2 is 1.50 bits per heavy atom. The van der Waals surface area contributed by atoms with Gasteiger partial charge in [-0.1, -0.05) is 60.7 Å². The summed E-state index contributed by atoms with van der Waals surface area (Å²) in [6, 6.07) is 22.9. The normalized spacial score (nSPS) is 11.1. The van der Waals surface area contributed by atoms with Crippen LogP contribution < -0.4 is 5.32 Å². The van der Waals surface area contributed by atoms with Crippen molar-refractivity contribution in [3.63, 3.8) is 0 Å². The van der Waals surface area contributed by atoms with Gasteiger partial charge in [0.05, 0.1) is 4.92 Å². The number of nitro groups is 1. The average Bonchev–Trinajstić information content (AvgIpc) is 2.83. The Morgan fingerprint density at radius 1 is 0.938 bits per heavy atom. The number of rotatable bonds is 8. The molecule has 1 atom stereocenters. The minimum atomic E-state index is -1.07. The molecule has 0 fully saturated rings. The standard InChI is InChI=1S/C25H21N3O4/c1-2-23(29)27(18-20-11-7-4-8-12-20)24(21-13-15-22(16-14-21)28(31)32)25(30)26-17-19-9-5-3-6-10-19/h1,3-16,24H,17-18H2,(H,26,30). The summed E-state index contributed by atoms with van der Waals surface area (Å²) in [5.74, 6) is 0.990. The van der Waals surface area contributed by atoms with Gasteiger partial charge in [-0.25, -0.2) is 0 Å². The fourth-order valence-electron chi connectivity index (χ4n) is 3.28. The van der Waals surface area contributed by atoms with E-state index in [-0.39, 0.29) is 18.8 Å². The topological polar surface area (TPSA) is 92.6 Å². The summed E-state index contributed by atoms with van der Waals surface area (Å²) in [6.07, 6.45) is 5.41. The molecule has 2 amide bonds. The number of nitrogens with zero attached hydrogens (tertiary/aromatic N) is 2. The van der Waals surface area contributed by atoms with E-state index in [9.17, 15) is 19.7 Å². The van der Waals surface area contributed by atoms with E-state index in [0.717, 1.165) is 11.1 Å². The predicted octanol–water partition coefficient (Wildman–Crippen LogP) is 3.61. The molecule has 1 N–H and O–H groups in total. The van der Waals surface area contributed by atoms with Gasteiger partial charge in [-0.15, -0.1) is 6.42 Å². The lowest BCUT2D eigenvalue weighted by Crippen LogP contribution is -2.42. The molecule has 0 saturated carbocycles. The molecule has 1 unspecified atom stereocenters. The molecule has 0 radical (unpaired) electrons. The number of hydrogen-bond donors (Lipinski definition) is 1. The zero-order chi connectivity index (χ0) is 22.9. The van der Waals surface area contributed by atoms with Crippen LogP contribution in [0.1, 0.15) is 22.7 Å². The Bertz CT molecular complexity index is 1120. The fraction of sp³-hybridized carbons (Fsp3) is 0.120. The van der Waals surface area contributed by atoms with Crippen LogP contribution in [-0.4, -0.2) is 21.6 Å². The van der Waals surface area contributed by atoms with Crippen LogP contribution in [0.25, 0.3) is 0 Å². The van der Waals surface area contributed by atoms with Gasteiger partial charge in [-0.05, 0) is 34.7 Å². The zero-order valence-corrected chi connectivity index (χ0v) is 17.2. The Balaban J connectivity index is 1.96. The number of benzene rings is 3. The first-order chi connectivity index (χ1) is 15.5. The molecule has 3 aromatic rings. The quantitative estimate of drug-likeness (QED) is 0.338. The van der Waals surface area contributed by atoms with Crippen molar-refractivity contribution in [3.05, 3.63) is 112 Å². The summed E-state index contributed by atoms with van der Waals surface area (Å²) in [4.78, 5) is 37.8. The Kier molecular flexibility index (Phi) is 7.33. The molecule has 0 spiro atoms. The molecule has 3 aromatic carbocycles. The van der Waals surface area contributed by atoms with Gasteiger partial charge in [0.1, 0.15) is 6.04 Å². The van der Waals surface area contributed by atoms with Crippen molar-refractivity contribution in [2.45, 2.75) is 19.1 Å². The maximum Gasteiger partial charge on any atom is 0.299 e. The Morgan fingerprint density at radius 3 is 2.03 bits per heavy atom. The van der Waals surface area contributed by atoms with Gasteiger partial charge in [0.2, 0.25) is 5.91 Å². The van der Waals surface area contributed by atoms with Crippen LogP contribution in [-0.2, 0) is 22.7 Å². The SMILES string of the molecule is C#CC(=O)N(Cc1ccccc1)C(C(=O)NCc1ccccc1)c1ccc([N+](=O)[O-])cc1. The molecule has 0 saturated heterocycles. The van der Waals surface area contributed by atoms with E-state index in [2.05, 4.69) is 11.2 Å². The molecule has 0 aliphatic heterocycles. The summed E-state index contributed by atoms with van der Waals surface area (Å²) in [5, 5.41) is 13.9. The third-order valence-corrected chi connectivity index (χ3v) is 4.87. The van der Waals surface area contributed by atoms with Crippen LogP contribution in [0.15, 0.2) is 84.9 Å². The van der Waals surface area contributed by atoms with Crippen molar-refractivity contribution in [3.8, 4) is 12.3 Å². The summed E-state index contributed by atoms with van der Waals surface area (Å²) in [5.41, 5.74) is 1.98. The van der Waals surface area contributed by atoms with E-state index >= 15 is 0 Å². The van der Waals surface area contributed by atoms with Crippen LogP contribution in [0.4, 0.5) is 5.69 Å². The Labute approximate surface area is 185 Å². The number of carbonyl (C=O) groups is 2. The van der Waals surface area contributed by atoms with Gasteiger partial charge in [0, 0.05) is 25.2 Å². The van der Waals surface area contributed by atoms with Crippen LogP contribution in [0.2, 0.25) is 0 Å². The van der Waals surface area contributed by atoms with Gasteiger partial charge in [0.25, 0.3) is 11.6 Å². The molecular formula is C25H21N3O4. The highest BCUT2D eigenvalue weighted by Gasteiger charge is 2.31. The lowest BCUT2D eigenvalue weighted by atomic mass is 10.0. The van der Waals surface area contributed by atoms with Gasteiger partial charge in [0.15, 0.2) is 0 Å². The Hall–Kier alpha value is -4.44. The average molecular weight is 427 g/mol. The second-order valence-electron chi connectivity index (χ2n) is 7.02. The van der Waals surface area contributed by atoms with Crippen molar-refractivity contribution in [2.24, 2.45) is 0 Å². The highest BCUT2D eigenvalue weighted by Crippen LogP contribution is 2.26. The van der Waals surface area contributed by atoms with Gasteiger partial charge >= 0.3 is 0 Å². The van der Waals surface area contributed by atoms with Crippen LogP contribution >= 0.6 is 0 Å². The summed E-state index contributed by atoms with van der Waals surface area (Å²) >= 11 is 0. The largest absolute Gasteiger partial charge is 0.350 e. The fourth-order valence-corrected chi connectivity index (χ4v) is 3.28. The summed E-state index contributed by atoms with van der Waals surface area (Å²) in [7, 11) is 0. The molecule has 0 aromatic heterocycles. The molecule has 0 bridgehead atoms. The summed E-state index contributed by atoms with van der Waals surface area (Å²) in [6.45, 7) is 0.358. The van der Waals surface area contributed by atoms with Gasteiger partial charge < -0.3 is 10.2 Å². The van der Waals surface area contributed by atoms with E-state index in [1.54, 1.807) is 0 Å². The van der Waals surface area contributed by atoms with Crippen molar-refractivity contribution in [2.75, 3.05) is 0 Å². The predicted molar refractivity (Wildman–Crippen MR) is 120 cm³/mol. The van der Waals surface area contributed by atoms with Gasteiger partial charge in [-0.3, -0.25) is 19.7 Å². The van der Waals surface area contributed by atoms with E-state index in [1.807, 2.05) is 60.7 Å². The first-order valence-corrected chi connectivity index (χ1v) is 9.86. The number of amides is 2. The number of hydrogen-bond acceptors (Lipinski definition) is 4. The van der Waals surface area contributed by atoms with Crippen molar-refractivity contribution < 1.29 is 14.5 Å². The number of carbonyl (C=O) groups excluding carboxylic acids is 2. The molecule has 0 aliphatic carbocycles. The maximum atomic E-state index is 13.3. The number of nitro benzene ring substituents is 1. The monoisotopic (exact) mass is 427 g/mol. The molecular weight excluding hydrogens is 406 g/mol. The third kappa shape index (κ3) is 5.58. The minimum absolute atomic E-state index is 0.101. The molecule has 32 heavy (non-hydrogen) atoms. The molecule has 7 nitrogen and oxygen atoms in total. The smallest absolute Gasteiger partial charge is 0.299 e. The molecule has 3 rings (SSSR count). The molecule has 7 heteroatoms. The minimum Gasteiger partial charge on any atom is -0.350 e. The zero-order valence-electron chi connectivity index (χ0n) is 17.2. The van der Waals surface area contributed by atoms with Crippen LogP contribution in [0.5, 0.6) is 0 Å². The lowest BCUT2D eigenvalue weighted by molar-refractivity contribution is -0.384. The van der Waals surface area contributed by atoms with Crippen LogP contribution in [0, 0.1) is 22.5 Å². The molecule has 0 heterocycles. The van der Waals surface area contributed by atoms with Crippen LogP contribution in [0.3, 0.4) is 0 Å². The number of non-ortho nitro benzene ring substituents is 1. The lowest BCUT2D eigenvalue weighted by Gasteiger charge is -2.30. The number of nitrogens with one attached hydrogen (secondary N) is 1. The molecule has 160 valence electrons. The first kappa shape index (κ1) is 22.2. The van der Waals surface area contributed by atoms with E-state index in [0.29, 0.717) is 5.56 Å². The highest BCUT2D eigenvalue weighted by molar-refractivity contribution is 5.97. The van der Waals surface area contributed by atoms with E-state index in [1.165, 1.54) is 29.2 Å². The van der Waals surface area contributed by atoms with Gasteiger partial charge in [-0.2, -0.15) is 0 Å². The second-order valence-corrected chi connectivity index (χ2v) is 7.02. The number of terminal acetylenes is 1. The first-order valence-electron chi connectivity index (χ1n) is 9.86. The maximum absolute atomic E-state index is 13.3. The van der Waals surface area contributed by atoms with Crippen molar-refractivity contribution >= 4 is 17.5 Å². The third-order valence-electron chi connectivity index (χ3n) is 4.87. The highest BCUT2D eigenvalue weighted by atomic mass is 16.6. The van der Waals surface area contributed by atoms with E-state index < -0.39 is 22.8 Å². The van der Waals surface area contributed by atoms with Crippen molar-refractivity contribution in [1.29, 1.82) is 0 Å². The van der Waals surface area contributed by atoms with E-state index in [4.69, 9.17) is 6.42 Å². The second kappa shape index (κ2) is 10.5. The summed E-state index contributed by atoms with van der Waals surface area (Å²) < 4.78 is 0. The molecule has 0 aliphatic rings. The van der Waals surface area contributed by atoms with Crippen molar-refractivity contribution in [1.82, 2.24) is 10.2 Å².